The number of nitrogens with zero attached hydrogens (tertiary/aromatic N) is 2. The van der Waals surface area contributed by atoms with Crippen LogP contribution < -0.4 is 10.6 Å². The highest BCUT2D eigenvalue weighted by Crippen LogP contribution is 2.26. The minimum atomic E-state index is 0. The number of thioether (sulfide) groups is 1. The van der Waals surface area contributed by atoms with Gasteiger partial charge in [0.05, 0.1) is 0 Å². The van der Waals surface area contributed by atoms with Crippen molar-refractivity contribution in [3.8, 4) is 0 Å². The molecule has 1 saturated carbocycles. The van der Waals surface area contributed by atoms with Gasteiger partial charge in [-0.3, -0.25) is 4.99 Å². The Morgan fingerprint density at radius 1 is 1.27 bits per heavy atom. The quantitative estimate of drug-likeness (QED) is 0.401. The molecule has 0 aromatic carbocycles. The van der Waals surface area contributed by atoms with Gasteiger partial charge in [-0.2, -0.15) is 11.8 Å². The van der Waals surface area contributed by atoms with Crippen LogP contribution >= 0.6 is 35.7 Å². The molecule has 0 aromatic rings. The molecule has 1 saturated heterocycles. The van der Waals surface area contributed by atoms with Crippen molar-refractivity contribution in [2.24, 2.45) is 10.9 Å². The zero-order chi connectivity index (χ0) is 15.1. The van der Waals surface area contributed by atoms with Crippen LogP contribution in [0.5, 0.6) is 0 Å². The van der Waals surface area contributed by atoms with Gasteiger partial charge in [0.1, 0.15) is 0 Å². The van der Waals surface area contributed by atoms with E-state index in [1.807, 2.05) is 18.8 Å². The van der Waals surface area contributed by atoms with E-state index in [0.717, 1.165) is 23.7 Å². The van der Waals surface area contributed by atoms with Crippen LogP contribution in [0.2, 0.25) is 0 Å². The van der Waals surface area contributed by atoms with Gasteiger partial charge in [0.2, 0.25) is 0 Å². The van der Waals surface area contributed by atoms with Crippen LogP contribution in [0.25, 0.3) is 0 Å². The Morgan fingerprint density at radius 3 is 2.77 bits per heavy atom. The van der Waals surface area contributed by atoms with Gasteiger partial charge in [-0.1, -0.05) is 6.42 Å². The first kappa shape index (κ1) is 20.4. The van der Waals surface area contributed by atoms with Gasteiger partial charge >= 0.3 is 0 Å². The lowest BCUT2D eigenvalue weighted by Crippen LogP contribution is -2.48. The van der Waals surface area contributed by atoms with Crippen molar-refractivity contribution in [1.82, 2.24) is 15.5 Å². The lowest BCUT2D eigenvalue weighted by Gasteiger charge is -2.32. The molecule has 0 radical (unpaired) electrons. The van der Waals surface area contributed by atoms with Crippen molar-refractivity contribution in [2.45, 2.75) is 49.8 Å². The first-order valence-corrected chi connectivity index (χ1v) is 9.68. The molecular weight excluding hydrogens is 407 g/mol. The van der Waals surface area contributed by atoms with Crippen LogP contribution in [0.1, 0.15) is 38.5 Å². The first-order valence-electron chi connectivity index (χ1n) is 8.39. The van der Waals surface area contributed by atoms with Crippen LogP contribution in [-0.4, -0.2) is 62.1 Å². The highest BCUT2D eigenvalue weighted by molar-refractivity contribution is 14.0. The maximum absolute atomic E-state index is 4.41. The summed E-state index contributed by atoms with van der Waals surface area (Å²) in [6.45, 7) is 3.51. The normalized spacial score (nSPS) is 30.5. The summed E-state index contributed by atoms with van der Waals surface area (Å²) in [5.74, 6) is 1.75. The maximum atomic E-state index is 4.41. The van der Waals surface area contributed by atoms with E-state index in [2.05, 4.69) is 33.8 Å². The molecule has 2 aliphatic rings. The number of piperidine rings is 1. The molecule has 2 fully saturated rings. The number of hydrogen-bond acceptors (Lipinski definition) is 3. The molecule has 0 aromatic heterocycles. The van der Waals surface area contributed by atoms with Crippen LogP contribution in [0.4, 0.5) is 0 Å². The number of aliphatic imine (C=N–C) groups is 1. The molecule has 2 N–H and O–H groups in total. The van der Waals surface area contributed by atoms with E-state index in [0.29, 0.717) is 6.04 Å². The molecule has 3 atom stereocenters. The third-order valence-corrected chi connectivity index (χ3v) is 5.90. The second-order valence-electron chi connectivity index (χ2n) is 6.59. The van der Waals surface area contributed by atoms with E-state index in [4.69, 9.17) is 0 Å². The monoisotopic (exact) mass is 440 g/mol. The summed E-state index contributed by atoms with van der Waals surface area (Å²) in [6, 6.07) is 0.594. The molecule has 22 heavy (non-hydrogen) atoms. The van der Waals surface area contributed by atoms with Gasteiger partial charge in [0.15, 0.2) is 5.96 Å². The number of rotatable bonds is 4. The Balaban J connectivity index is 0.00000242. The lowest BCUT2D eigenvalue weighted by molar-refractivity contribution is 0.210. The molecule has 3 unspecified atom stereocenters. The fourth-order valence-corrected chi connectivity index (χ4v) is 4.39. The summed E-state index contributed by atoms with van der Waals surface area (Å²) < 4.78 is 0. The number of halogens is 1. The van der Waals surface area contributed by atoms with E-state index in [9.17, 15) is 0 Å². The molecule has 1 heterocycles. The molecule has 1 aliphatic carbocycles. The van der Waals surface area contributed by atoms with Crippen LogP contribution in [-0.2, 0) is 0 Å². The second-order valence-corrected chi connectivity index (χ2v) is 7.73. The van der Waals surface area contributed by atoms with Gasteiger partial charge in [-0.15, -0.1) is 24.0 Å². The number of likely N-dealkylation sites (tertiary alicyclic amines) is 1. The average molecular weight is 440 g/mol. The molecule has 6 heteroatoms. The summed E-state index contributed by atoms with van der Waals surface area (Å²) in [5.41, 5.74) is 0. The number of hydrogen-bond donors (Lipinski definition) is 2. The largest absolute Gasteiger partial charge is 0.356 e. The maximum Gasteiger partial charge on any atom is 0.191 e. The highest BCUT2D eigenvalue weighted by atomic mass is 127. The van der Waals surface area contributed by atoms with Gasteiger partial charge in [0, 0.05) is 31.4 Å². The predicted octanol–water partition coefficient (Wildman–Crippen LogP) is 2.79. The minimum absolute atomic E-state index is 0. The summed E-state index contributed by atoms with van der Waals surface area (Å²) in [7, 11) is 4.11. The third kappa shape index (κ3) is 6.83. The summed E-state index contributed by atoms with van der Waals surface area (Å²) in [4.78, 5) is 6.85. The smallest absolute Gasteiger partial charge is 0.191 e. The Morgan fingerprint density at radius 2 is 2.09 bits per heavy atom. The van der Waals surface area contributed by atoms with Crippen molar-refractivity contribution >= 4 is 41.7 Å². The van der Waals surface area contributed by atoms with Crippen molar-refractivity contribution in [3.63, 3.8) is 0 Å². The standard InChI is InChI=1S/C16H32N4S.HI/c1-17-16(18-11-13-6-5-9-20(2)12-13)19-14-7-4-8-15(10-14)21-3;/h13-15H,4-12H2,1-3H3,(H2,17,18,19);1H. The van der Waals surface area contributed by atoms with E-state index >= 15 is 0 Å². The SMILES string of the molecule is CN=C(NCC1CCCN(C)C1)NC1CCCC(SC)C1.I. The number of nitrogens with one attached hydrogen (secondary N) is 2. The summed E-state index contributed by atoms with van der Waals surface area (Å²) in [6.07, 6.45) is 10.2. The highest BCUT2D eigenvalue weighted by Gasteiger charge is 2.22. The van der Waals surface area contributed by atoms with Crippen molar-refractivity contribution < 1.29 is 0 Å². The Bertz CT molecular complexity index is 340. The van der Waals surface area contributed by atoms with Gasteiger partial charge < -0.3 is 15.5 Å². The van der Waals surface area contributed by atoms with Gasteiger partial charge in [-0.05, 0) is 57.9 Å². The average Bonchev–Trinajstić information content (AvgIpc) is 2.51. The molecule has 130 valence electrons. The topological polar surface area (TPSA) is 39.7 Å². The summed E-state index contributed by atoms with van der Waals surface area (Å²) in [5, 5.41) is 8.00. The molecule has 0 bridgehead atoms. The van der Waals surface area contributed by atoms with E-state index < -0.39 is 0 Å². The van der Waals surface area contributed by atoms with Crippen LogP contribution in [0.15, 0.2) is 4.99 Å². The van der Waals surface area contributed by atoms with Gasteiger partial charge in [0.25, 0.3) is 0 Å². The van der Waals surface area contributed by atoms with Gasteiger partial charge in [-0.25, -0.2) is 0 Å². The molecule has 4 nitrogen and oxygen atoms in total. The minimum Gasteiger partial charge on any atom is -0.356 e. The first-order chi connectivity index (χ1) is 10.2. The Kier molecular flexibility index (Phi) is 10.1. The van der Waals surface area contributed by atoms with Crippen molar-refractivity contribution in [2.75, 3.05) is 40.0 Å². The molecule has 0 spiro atoms. The second kappa shape index (κ2) is 11.0. The summed E-state index contributed by atoms with van der Waals surface area (Å²) >= 11 is 2.01. The fraction of sp³-hybridized carbons (Fsp3) is 0.938. The lowest BCUT2D eigenvalue weighted by atomic mass is 9.95. The zero-order valence-corrected chi connectivity index (χ0v) is 17.5. The molecule has 0 amide bonds. The Labute approximate surface area is 157 Å². The van der Waals surface area contributed by atoms with Crippen molar-refractivity contribution in [1.29, 1.82) is 0 Å². The van der Waals surface area contributed by atoms with Crippen LogP contribution in [0.3, 0.4) is 0 Å². The predicted molar refractivity (Wildman–Crippen MR) is 110 cm³/mol. The van der Waals surface area contributed by atoms with E-state index in [1.54, 1.807) is 0 Å². The van der Waals surface area contributed by atoms with E-state index in [1.165, 1.54) is 51.6 Å². The fourth-order valence-electron chi connectivity index (χ4n) is 3.56. The molecule has 1 aliphatic heterocycles. The van der Waals surface area contributed by atoms with Crippen LogP contribution in [0, 0.1) is 5.92 Å². The third-order valence-electron chi connectivity index (χ3n) is 4.80. The zero-order valence-electron chi connectivity index (χ0n) is 14.3. The van der Waals surface area contributed by atoms with E-state index in [-0.39, 0.29) is 24.0 Å². The number of guanidine groups is 1. The van der Waals surface area contributed by atoms with Crippen molar-refractivity contribution in [3.05, 3.63) is 0 Å². The molecular formula is C16H33IN4S. The Hall–Kier alpha value is 0.310. The molecule has 2 rings (SSSR count).